The van der Waals surface area contributed by atoms with Gasteiger partial charge in [-0.05, 0) is 59.0 Å². The van der Waals surface area contributed by atoms with Crippen molar-refractivity contribution in [2.45, 2.75) is 18.9 Å². The molecule has 32 heavy (non-hydrogen) atoms. The van der Waals surface area contributed by atoms with Crippen LogP contribution in [0, 0.1) is 11.7 Å². The van der Waals surface area contributed by atoms with Crippen molar-refractivity contribution in [1.29, 1.82) is 0 Å². The van der Waals surface area contributed by atoms with Crippen LogP contribution in [-0.2, 0) is 0 Å². The third kappa shape index (κ3) is 3.93. The molecule has 3 atom stereocenters. The van der Waals surface area contributed by atoms with Crippen LogP contribution in [0.3, 0.4) is 0 Å². The zero-order valence-corrected chi connectivity index (χ0v) is 19.4. The summed E-state index contributed by atoms with van der Waals surface area (Å²) >= 11 is 3.46. The monoisotopic (exact) mass is 499 g/mol. The largest absolute Gasteiger partial charge is 0.493 e. The molecular formula is C25H23BrFNO4. The van der Waals surface area contributed by atoms with E-state index in [9.17, 15) is 14.3 Å². The first kappa shape index (κ1) is 22.1. The highest BCUT2D eigenvalue weighted by Gasteiger charge is 2.38. The molecule has 0 radical (unpaired) electrons. The van der Waals surface area contributed by atoms with Gasteiger partial charge in [-0.3, -0.25) is 0 Å². The number of carbonyl (C=O) groups is 1. The maximum absolute atomic E-state index is 14.0. The summed E-state index contributed by atoms with van der Waals surface area (Å²) in [5, 5.41) is 13.3. The number of carboxylic acid groups (broad SMARTS) is 1. The minimum atomic E-state index is -1.03. The van der Waals surface area contributed by atoms with E-state index >= 15 is 0 Å². The van der Waals surface area contributed by atoms with Crippen LogP contribution < -0.4 is 14.8 Å². The van der Waals surface area contributed by atoms with Gasteiger partial charge in [-0.2, -0.15) is 0 Å². The van der Waals surface area contributed by atoms with E-state index in [1.54, 1.807) is 26.4 Å². The van der Waals surface area contributed by atoms with Crippen LogP contribution in [0.15, 0.2) is 59.1 Å². The van der Waals surface area contributed by atoms with Crippen LogP contribution in [0.25, 0.3) is 0 Å². The number of ether oxygens (including phenoxy) is 2. The second kappa shape index (κ2) is 8.82. The van der Waals surface area contributed by atoms with Gasteiger partial charge in [0, 0.05) is 10.4 Å². The molecule has 0 aliphatic carbocycles. The van der Waals surface area contributed by atoms with Crippen LogP contribution in [0.2, 0.25) is 0 Å². The van der Waals surface area contributed by atoms with Gasteiger partial charge in [-0.25, -0.2) is 9.18 Å². The lowest BCUT2D eigenvalue weighted by molar-refractivity contribution is 0.0697. The fourth-order valence-electron chi connectivity index (χ4n) is 4.58. The molecule has 0 spiro atoms. The normalized spacial score (nSPS) is 19.6. The molecule has 0 saturated heterocycles. The van der Waals surface area contributed by atoms with Crippen molar-refractivity contribution in [3.63, 3.8) is 0 Å². The van der Waals surface area contributed by atoms with E-state index in [-0.39, 0.29) is 29.3 Å². The fraction of sp³-hybridized carbons (Fsp3) is 0.240. The number of benzene rings is 3. The van der Waals surface area contributed by atoms with Crippen LogP contribution in [0.4, 0.5) is 10.1 Å². The third-order valence-corrected chi connectivity index (χ3v) is 6.48. The quantitative estimate of drug-likeness (QED) is 0.434. The Labute approximate surface area is 194 Å². The van der Waals surface area contributed by atoms with E-state index in [4.69, 9.17) is 9.47 Å². The first-order chi connectivity index (χ1) is 15.3. The summed E-state index contributed by atoms with van der Waals surface area (Å²) in [6.07, 6.45) is 0. The molecule has 5 nitrogen and oxygen atoms in total. The van der Waals surface area contributed by atoms with Gasteiger partial charge < -0.3 is 19.9 Å². The molecule has 1 heterocycles. The molecule has 0 saturated carbocycles. The second-order valence-electron chi connectivity index (χ2n) is 7.85. The molecule has 0 aromatic heterocycles. The van der Waals surface area contributed by atoms with Crippen LogP contribution in [-0.4, -0.2) is 25.3 Å². The number of methoxy groups -OCH3 is 2. The number of carboxylic acids is 1. The Hall–Kier alpha value is -3.06. The van der Waals surface area contributed by atoms with Gasteiger partial charge in [0.1, 0.15) is 5.82 Å². The zero-order valence-electron chi connectivity index (χ0n) is 17.9. The van der Waals surface area contributed by atoms with Gasteiger partial charge in [0.15, 0.2) is 11.5 Å². The molecule has 3 aromatic carbocycles. The van der Waals surface area contributed by atoms with Crippen LogP contribution in [0.5, 0.6) is 11.5 Å². The minimum absolute atomic E-state index is 0.0293. The van der Waals surface area contributed by atoms with Crippen molar-refractivity contribution < 1.29 is 23.8 Å². The molecule has 3 aromatic rings. The van der Waals surface area contributed by atoms with E-state index in [0.717, 1.165) is 16.7 Å². The highest BCUT2D eigenvalue weighted by Crippen LogP contribution is 2.50. The summed E-state index contributed by atoms with van der Waals surface area (Å²) < 4.78 is 25.6. The predicted octanol–water partition coefficient (Wildman–Crippen LogP) is 6.24. The van der Waals surface area contributed by atoms with Gasteiger partial charge in [0.2, 0.25) is 0 Å². The number of nitrogens with one attached hydrogen (secondary N) is 1. The zero-order chi connectivity index (χ0) is 23.0. The van der Waals surface area contributed by atoms with Gasteiger partial charge in [0.05, 0.1) is 31.5 Å². The van der Waals surface area contributed by atoms with Crippen molar-refractivity contribution in [2.24, 2.45) is 5.92 Å². The molecule has 4 rings (SSSR count). The average molecular weight is 500 g/mol. The van der Waals surface area contributed by atoms with Crippen molar-refractivity contribution >= 4 is 27.6 Å². The number of fused-ring (bicyclic) bond motifs is 1. The highest BCUT2D eigenvalue weighted by molar-refractivity contribution is 9.10. The Morgan fingerprint density at radius 1 is 1.03 bits per heavy atom. The topological polar surface area (TPSA) is 67.8 Å². The summed E-state index contributed by atoms with van der Waals surface area (Å²) in [6, 6.07) is 15.4. The molecular weight excluding hydrogens is 477 g/mol. The Bertz CT molecular complexity index is 1180. The van der Waals surface area contributed by atoms with Crippen molar-refractivity contribution in [3.8, 4) is 11.5 Å². The number of anilines is 1. The molecule has 0 fully saturated rings. The van der Waals surface area contributed by atoms with E-state index in [1.165, 1.54) is 12.1 Å². The van der Waals surface area contributed by atoms with Gasteiger partial charge in [0.25, 0.3) is 0 Å². The smallest absolute Gasteiger partial charge is 0.337 e. The molecule has 0 bridgehead atoms. The number of halogens is 2. The Kier molecular flexibility index (Phi) is 6.11. The lowest BCUT2D eigenvalue weighted by atomic mass is 9.72. The van der Waals surface area contributed by atoms with Crippen molar-refractivity contribution in [2.75, 3.05) is 19.5 Å². The first-order valence-corrected chi connectivity index (χ1v) is 10.9. The summed E-state index contributed by atoms with van der Waals surface area (Å²) in [6.45, 7) is 2.08. The number of rotatable bonds is 5. The van der Waals surface area contributed by atoms with Crippen LogP contribution >= 0.6 is 15.9 Å². The predicted molar refractivity (Wildman–Crippen MR) is 124 cm³/mol. The van der Waals surface area contributed by atoms with Gasteiger partial charge in [-0.1, -0.05) is 41.1 Å². The number of aromatic carboxylic acids is 1. The summed E-state index contributed by atoms with van der Waals surface area (Å²) in [4.78, 5) is 12.1. The highest BCUT2D eigenvalue weighted by atomic mass is 79.9. The van der Waals surface area contributed by atoms with Crippen LogP contribution in [0.1, 0.15) is 45.9 Å². The van der Waals surface area contributed by atoms with E-state index < -0.39 is 5.97 Å². The second-order valence-corrected chi connectivity index (χ2v) is 8.77. The third-order valence-electron chi connectivity index (χ3n) is 6.03. The van der Waals surface area contributed by atoms with Gasteiger partial charge in [-0.15, -0.1) is 0 Å². The van der Waals surface area contributed by atoms with E-state index in [2.05, 4.69) is 28.2 Å². The maximum atomic E-state index is 14.0. The standard InChI is InChI=1S/C25H23BrFNO4/c1-13-22(14-7-8-20(31-2)21(10-14)32-3)18-11-16(26)12-19(25(29)30)24(18)28-23(13)15-5-4-6-17(27)9-15/h4-13,22-23,28H,1-3H3,(H,29,30)/t13-,22+,23+/m1/s1. The summed E-state index contributed by atoms with van der Waals surface area (Å²) in [5.41, 5.74) is 3.26. The molecule has 166 valence electrons. The number of hydrogen-bond donors (Lipinski definition) is 2. The lowest BCUT2D eigenvalue weighted by Gasteiger charge is -2.40. The van der Waals surface area contributed by atoms with Crippen molar-refractivity contribution in [1.82, 2.24) is 0 Å². The molecule has 0 amide bonds. The average Bonchev–Trinajstić information content (AvgIpc) is 2.77. The molecule has 1 aliphatic rings. The Morgan fingerprint density at radius 2 is 1.78 bits per heavy atom. The molecule has 0 unspecified atom stereocenters. The van der Waals surface area contributed by atoms with E-state index in [1.807, 2.05) is 30.3 Å². The Morgan fingerprint density at radius 3 is 2.44 bits per heavy atom. The van der Waals surface area contributed by atoms with Crippen molar-refractivity contribution in [3.05, 3.63) is 87.1 Å². The summed E-state index contributed by atoms with van der Waals surface area (Å²) in [5.74, 6) is -0.366. The first-order valence-electron chi connectivity index (χ1n) is 10.1. The Balaban J connectivity index is 1.95. The lowest BCUT2D eigenvalue weighted by Crippen LogP contribution is -2.32. The van der Waals surface area contributed by atoms with Gasteiger partial charge >= 0.3 is 5.97 Å². The maximum Gasteiger partial charge on any atom is 0.337 e. The summed E-state index contributed by atoms with van der Waals surface area (Å²) in [7, 11) is 3.16. The van der Waals surface area contributed by atoms with E-state index in [0.29, 0.717) is 21.7 Å². The minimum Gasteiger partial charge on any atom is -0.493 e. The number of hydrogen-bond acceptors (Lipinski definition) is 4. The molecule has 7 heteroatoms. The fourth-order valence-corrected chi connectivity index (χ4v) is 5.06. The molecule has 2 N–H and O–H groups in total. The molecule has 1 aliphatic heterocycles. The SMILES string of the molecule is COc1ccc([C@H]2c3cc(Br)cc(C(=O)O)c3N[C@H](c3cccc(F)c3)[C@@H]2C)cc1OC.